The van der Waals surface area contributed by atoms with E-state index in [1.165, 1.54) is 6.42 Å². The van der Waals surface area contributed by atoms with Crippen LogP contribution in [0.2, 0.25) is 5.02 Å². The fourth-order valence-electron chi connectivity index (χ4n) is 5.17. The van der Waals surface area contributed by atoms with E-state index >= 15 is 0 Å². The highest BCUT2D eigenvalue weighted by molar-refractivity contribution is 7.86. The molecule has 1 saturated heterocycles. The minimum Gasteiger partial charge on any atom is -0.339 e. The molecule has 2 saturated carbocycles. The summed E-state index contributed by atoms with van der Waals surface area (Å²) >= 11 is 6.03. The molecule has 0 spiro atoms. The highest BCUT2D eigenvalue weighted by Crippen LogP contribution is 2.45. The van der Waals surface area contributed by atoms with Gasteiger partial charge in [0.15, 0.2) is 0 Å². The molecule has 0 bridgehead atoms. The second-order valence-electron chi connectivity index (χ2n) is 8.95. The zero-order valence-corrected chi connectivity index (χ0v) is 19.3. The Labute approximate surface area is 185 Å². The third kappa shape index (κ3) is 4.01. The van der Waals surface area contributed by atoms with Gasteiger partial charge in [0.2, 0.25) is 5.91 Å². The molecule has 1 aliphatic heterocycles. The van der Waals surface area contributed by atoms with Crippen LogP contribution < -0.4 is 0 Å². The van der Waals surface area contributed by atoms with Gasteiger partial charge in [-0.25, -0.2) is 0 Å². The van der Waals surface area contributed by atoms with Crippen LogP contribution in [0.5, 0.6) is 0 Å². The number of carbonyl (C=O) groups is 1. The van der Waals surface area contributed by atoms with Gasteiger partial charge in [-0.3, -0.25) is 4.79 Å². The Bertz CT molecular complexity index is 856. The topological polar surface area (TPSA) is 60.9 Å². The van der Waals surface area contributed by atoms with E-state index in [1.807, 2.05) is 29.2 Å². The first-order valence-corrected chi connectivity index (χ1v) is 12.9. The van der Waals surface area contributed by atoms with Crippen LogP contribution in [0.1, 0.15) is 56.9 Å². The Hall–Kier alpha value is -1.15. The van der Waals surface area contributed by atoms with Crippen molar-refractivity contribution in [2.45, 2.75) is 62.8 Å². The smallest absolute Gasteiger partial charge is 0.282 e. The minimum atomic E-state index is -3.48. The summed E-state index contributed by atoms with van der Waals surface area (Å²) in [6.45, 7) is 1.63. The van der Waals surface area contributed by atoms with Gasteiger partial charge < -0.3 is 4.90 Å². The second kappa shape index (κ2) is 8.77. The molecule has 0 N–H and O–H groups in total. The van der Waals surface area contributed by atoms with Gasteiger partial charge >= 0.3 is 0 Å². The predicted molar refractivity (Wildman–Crippen MR) is 119 cm³/mol. The number of hydrogen-bond donors (Lipinski definition) is 0. The first kappa shape index (κ1) is 22.1. The van der Waals surface area contributed by atoms with Gasteiger partial charge in [0.1, 0.15) is 0 Å². The molecular formula is C22H32ClN3O3S. The maximum absolute atomic E-state index is 13.4. The van der Waals surface area contributed by atoms with Crippen LogP contribution in [0.4, 0.5) is 0 Å². The summed E-state index contributed by atoms with van der Waals surface area (Å²) in [4.78, 5) is 15.3. The van der Waals surface area contributed by atoms with Crippen LogP contribution in [-0.2, 0) is 20.4 Å². The maximum atomic E-state index is 13.4. The fraction of sp³-hybridized carbons (Fsp3) is 0.682. The van der Waals surface area contributed by atoms with Crippen molar-refractivity contribution in [1.82, 2.24) is 13.5 Å². The van der Waals surface area contributed by atoms with E-state index < -0.39 is 15.6 Å². The molecule has 2 aliphatic carbocycles. The summed E-state index contributed by atoms with van der Waals surface area (Å²) in [5, 5.41) is 0.668. The number of nitrogens with zero attached hydrogens (tertiary/aromatic N) is 3. The van der Waals surface area contributed by atoms with Gasteiger partial charge in [-0.05, 0) is 43.4 Å². The molecular weight excluding hydrogens is 422 g/mol. The SMILES string of the molecule is CN(C1CCCCC1)S(=O)(=O)N1CCN(C(=O)C2(c3ccc(Cl)cc3)CCC2)CC1. The van der Waals surface area contributed by atoms with Crippen molar-refractivity contribution < 1.29 is 13.2 Å². The molecule has 1 heterocycles. The van der Waals surface area contributed by atoms with Gasteiger partial charge in [0.05, 0.1) is 5.41 Å². The molecule has 0 unspecified atom stereocenters. The van der Waals surface area contributed by atoms with E-state index in [0.29, 0.717) is 31.2 Å². The summed E-state index contributed by atoms with van der Waals surface area (Å²) in [6.07, 6.45) is 8.00. The predicted octanol–water partition coefficient (Wildman–Crippen LogP) is 3.42. The zero-order chi connectivity index (χ0) is 21.4. The van der Waals surface area contributed by atoms with E-state index in [-0.39, 0.29) is 11.9 Å². The monoisotopic (exact) mass is 453 g/mol. The summed E-state index contributed by atoms with van der Waals surface area (Å²) in [7, 11) is -1.77. The standard InChI is InChI=1S/C22H32ClN3O3S/c1-24(20-6-3-2-4-7-20)30(28,29)26-16-14-25(15-17-26)21(27)22(12-5-13-22)18-8-10-19(23)11-9-18/h8-11,20H,2-7,12-17H2,1H3. The normalized spacial score (nSPS) is 23.4. The first-order valence-electron chi connectivity index (χ1n) is 11.1. The molecule has 0 atom stereocenters. The fourth-order valence-corrected chi connectivity index (χ4v) is 6.87. The number of amides is 1. The molecule has 0 radical (unpaired) electrons. The van der Waals surface area contributed by atoms with Crippen molar-refractivity contribution in [3.63, 3.8) is 0 Å². The lowest BCUT2D eigenvalue weighted by Gasteiger charge is -2.46. The number of rotatable bonds is 5. The van der Waals surface area contributed by atoms with Crippen LogP contribution in [0.25, 0.3) is 0 Å². The number of halogens is 1. The molecule has 166 valence electrons. The van der Waals surface area contributed by atoms with Crippen molar-refractivity contribution in [3.8, 4) is 0 Å². The van der Waals surface area contributed by atoms with E-state index in [0.717, 1.165) is 50.5 Å². The first-order chi connectivity index (χ1) is 14.3. The lowest BCUT2D eigenvalue weighted by molar-refractivity contribution is -0.142. The Balaban J connectivity index is 1.41. The highest BCUT2D eigenvalue weighted by Gasteiger charge is 2.48. The van der Waals surface area contributed by atoms with Crippen LogP contribution in [-0.4, -0.2) is 67.1 Å². The van der Waals surface area contributed by atoms with Crippen LogP contribution in [0.3, 0.4) is 0 Å². The molecule has 1 aromatic rings. The van der Waals surface area contributed by atoms with E-state index in [9.17, 15) is 13.2 Å². The number of hydrogen-bond acceptors (Lipinski definition) is 3. The van der Waals surface area contributed by atoms with Crippen molar-refractivity contribution in [1.29, 1.82) is 0 Å². The molecule has 0 aromatic heterocycles. The third-order valence-corrected chi connectivity index (χ3v) is 9.61. The molecule has 4 rings (SSSR count). The van der Waals surface area contributed by atoms with Crippen molar-refractivity contribution in [2.75, 3.05) is 33.2 Å². The summed E-state index contributed by atoms with van der Waals surface area (Å²) in [5.41, 5.74) is 0.556. The lowest BCUT2D eigenvalue weighted by atomic mass is 9.63. The molecule has 1 amide bonds. The molecule has 1 aromatic carbocycles. The molecule has 6 nitrogen and oxygen atoms in total. The maximum Gasteiger partial charge on any atom is 0.282 e. The summed E-state index contributed by atoms with van der Waals surface area (Å²) in [5.74, 6) is 0.133. The molecule has 30 heavy (non-hydrogen) atoms. The average molecular weight is 454 g/mol. The van der Waals surface area contributed by atoms with Crippen LogP contribution in [0.15, 0.2) is 24.3 Å². The average Bonchev–Trinajstić information content (AvgIpc) is 2.74. The summed E-state index contributed by atoms with van der Waals surface area (Å²) in [6, 6.07) is 7.70. The van der Waals surface area contributed by atoms with Gasteiger partial charge in [0, 0.05) is 44.3 Å². The number of piperazine rings is 1. The van der Waals surface area contributed by atoms with Gasteiger partial charge in [-0.15, -0.1) is 0 Å². The van der Waals surface area contributed by atoms with Gasteiger partial charge in [0.25, 0.3) is 10.2 Å². The van der Waals surface area contributed by atoms with Crippen molar-refractivity contribution in [3.05, 3.63) is 34.9 Å². The molecule has 3 fully saturated rings. The van der Waals surface area contributed by atoms with Gasteiger partial charge in [-0.1, -0.05) is 49.4 Å². The third-order valence-electron chi connectivity index (χ3n) is 7.32. The minimum absolute atomic E-state index is 0.103. The largest absolute Gasteiger partial charge is 0.339 e. The lowest BCUT2D eigenvalue weighted by Crippen LogP contribution is -2.59. The Morgan fingerprint density at radius 3 is 2.13 bits per heavy atom. The molecule has 8 heteroatoms. The Morgan fingerprint density at radius 1 is 1.00 bits per heavy atom. The highest BCUT2D eigenvalue weighted by atomic mass is 35.5. The second-order valence-corrected chi connectivity index (χ2v) is 11.4. The van der Waals surface area contributed by atoms with Gasteiger partial charge in [-0.2, -0.15) is 17.0 Å². The van der Waals surface area contributed by atoms with E-state index in [1.54, 1.807) is 15.7 Å². The van der Waals surface area contributed by atoms with Crippen molar-refractivity contribution in [2.24, 2.45) is 0 Å². The Kier molecular flexibility index (Phi) is 6.45. The quantitative estimate of drug-likeness (QED) is 0.686. The summed E-state index contributed by atoms with van der Waals surface area (Å²) < 4.78 is 29.4. The number of carbonyl (C=O) groups excluding carboxylic acids is 1. The van der Waals surface area contributed by atoms with Crippen molar-refractivity contribution >= 4 is 27.7 Å². The van der Waals surface area contributed by atoms with Crippen LogP contribution >= 0.6 is 11.6 Å². The number of benzene rings is 1. The van der Waals surface area contributed by atoms with E-state index in [2.05, 4.69) is 0 Å². The Morgan fingerprint density at radius 2 is 1.60 bits per heavy atom. The van der Waals surface area contributed by atoms with Crippen LogP contribution in [0, 0.1) is 0 Å². The molecule has 3 aliphatic rings. The zero-order valence-electron chi connectivity index (χ0n) is 17.7. The van der Waals surface area contributed by atoms with E-state index in [4.69, 9.17) is 11.6 Å².